The van der Waals surface area contributed by atoms with Gasteiger partial charge in [-0.25, -0.2) is 16.8 Å². The zero-order chi connectivity index (χ0) is 30.2. The van der Waals surface area contributed by atoms with Crippen molar-refractivity contribution in [1.29, 1.82) is 21.0 Å². The number of sulfone groups is 2. The minimum absolute atomic E-state index is 0.333. The molecule has 5 rings (SSSR count). The van der Waals surface area contributed by atoms with Crippen molar-refractivity contribution < 1.29 is 16.8 Å². The zero-order valence-electron chi connectivity index (χ0n) is 22.5. The van der Waals surface area contributed by atoms with Gasteiger partial charge in [0.25, 0.3) is 0 Å². The van der Waals surface area contributed by atoms with E-state index < -0.39 is 65.7 Å². The largest absolute Gasteiger partial charge is 0.229 e. The van der Waals surface area contributed by atoms with E-state index in [1.165, 1.54) is 0 Å². The second kappa shape index (κ2) is 10.7. The van der Waals surface area contributed by atoms with Crippen molar-refractivity contribution in [3.8, 4) is 24.3 Å². The molecule has 0 radical (unpaired) electrons. The van der Waals surface area contributed by atoms with Gasteiger partial charge in [0, 0.05) is 23.7 Å². The van der Waals surface area contributed by atoms with Crippen LogP contribution in [0.4, 0.5) is 0 Å². The van der Waals surface area contributed by atoms with Crippen LogP contribution in [0.2, 0.25) is 0 Å². The van der Waals surface area contributed by atoms with Crippen LogP contribution in [-0.2, 0) is 19.7 Å². The summed E-state index contributed by atoms with van der Waals surface area (Å²) >= 11 is 0. The second-order valence-electron chi connectivity index (χ2n) is 11.0. The molecule has 10 heteroatoms. The Hall–Kier alpha value is -4.48. The van der Waals surface area contributed by atoms with Gasteiger partial charge in [0.15, 0.2) is 30.5 Å². The molecule has 2 heterocycles. The molecular weight excluding hydrogens is 569 g/mol. The summed E-state index contributed by atoms with van der Waals surface area (Å²) in [5, 5.41) is 41.4. The first kappa shape index (κ1) is 29.0. The third-order valence-electron chi connectivity index (χ3n) is 8.77. The first-order chi connectivity index (χ1) is 20.0. The minimum atomic E-state index is -3.65. The van der Waals surface area contributed by atoms with Gasteiger partial charge in [-0.2, -0.15) is 21.0 Å². The van der Waals surface area contributed by atoms with Crippen LogP contribution in [0.25, 0.3) is 0 Å². The van der Waals surface area contributed by atoms with E-state index in [4.69, 9.17) is 0 Å². The topological polar surface area (TPSA) is 163 Å². The number of nitrogens with zero attached hydrogens (tertiary/aromatic N) is 4. The van der Waals surface area contributed by atoms with E-state index in [9.17, 15) is 37.9 Å². The molecule has 0 saturated carbocycles. The van der Waals surface area contributed by atoms with Gasteiger partial charge in [-0.05, 0) is 22.3 Å². The predicted molar refractivity (Wildman–Crippen MR) is 155 cm³/mol. The van der Waals surface area contributed by atoms with Gasteiger partial charge in [0.05, 0.1) is 47.3 Å². The van der Waals surface area contributed by atoms with Crippen molar-refractivity contribution in [1.82, 2.24) is 0 Å². The summed E-state index contributed by atoms with van der Waals surface area (Å²) in [6.45, 7) is 0. The number of nitriles is 4. The summed E-state index contributed by atoms with van der Waals surface area (Å²) in [6, 6.07) is 32.3. The maximum Gasteiger partial charge on any atom is 0.159 e. The number of hydrogen-bond acceptors (Lipinski definition) is 8. The molecule has 2 aliphatic heterocycles. The fourth-order valence-electron chi connectivity index (χ4n) is 6.60. The highest BCUT2D eigenvalue weighted by atomic mass is 32.2. The normalized spacial score (nSPS) is 26.8. The fraction of sp³-hybridized carbons (Fsp3) is 0.312. The minimum Gasteiger partial charge on any atom is -0.229 e. The van der Waals surface area contributed by atoms with Gasteiger partial charge in [-0.1, -0.05) is 84.9 Å². The summed E-state index contributed by atoms with van der Waals surface area (Å²) < 4.78 is 52.4. The highest BCUT2D eigenvalue weighted by Gasteiger charge is 2.56. The predicted octanol–water partition coefficient (Wildman–Crippen LogP) is 4.35. The number of hydrogen-bond donors (Lipinski definition) is 0. The Bertz CT molecular complexity index is 1710. The smallest absolute Gasteiger partial charge is 0.159 e. The first-order valence-electron chi connectivity index (χ1n) is 13.3. The summed E-state index contributed by atoms with van der Waals surface area (Å²) in [5.41, 5.74) is -1.32. The van der Waals surface area contributed by atoms with Crippen LogP contribution in [0.3, 0.4) is 0 Å². The van der Waals surface area contributed by atoms with E-state index in [-0.39, 0.29) is 11.5 Å². The number of rotatable bonds is 4. The van der Waals surface area contributed by atoms with Crippen LogP contribution < -0.4 is 0 Å². The lowest BCUT2D eigenvalue weighted by atomic mass is 9.63. The summed E-state index contributed by atoms with van der Waals surface area (Å²) in [6.07, 6.45) is 0. The molecule has 2 saturated heterocycles. The van der Waals surface area contributed by atoms with Gasteiger partial charge in [0.1, 0.15) is 0 Å². The molecule has 8 nitrogen and oxygen atoms in total. The van der Waals surface area contributed by atoms with E-state index >= 15 is 0 Å². The molecule has 0 bridgehead atoms. The standard InChI is InChI=1S/C32H26N4O4S2/c33-19-31(20-34)27(23-7-3-1-4-8-23)15-41(37,38)17-29(31)25-11-13-26(14-12-25)30-18-42(39,40)16-28(32(30,21-35)22-36)24-9-5-2-6-10-24/h1-14,27-30H,15-18H2. The molecule has 3 aromatic carbocycles. The molecule has 210 valence electrons. The van der Waals surface area contributed by atoms with Crippen molar-refractivity contribution in [2.75, 3.05) is 23.0 Å². The highest BCUT2D eigenvalue weighted by molar-refractivity contribution is 7.91. The van der Waals surface area contributed by atoms with Crippen molar-refractivity contribution >= 4 is 19.7 Å². The van der Waals surface area contributed by atoms with E-state index in [1.807, 2.05) is 0 Å². The zero-order valence-corrected chi connectivity index (χ0v) is 24.1. The third-order valence-corrected chi connectivity index (χ3v) is 12.1. The van der Waals surface area contributed by atoms with Crippen LogP contribution in [0.1, 0.15) is 45.9 Å². The van der Waals surface area contributed by atoms with Crippen molar-refractivity contribution in [3.63, 3.8) is 0 Å². The molecule has 2 fully saturated rings. The molecule has 0 amide bonds. The first-order valence-corrected chi connectivity index (χ1v) is 16.9. The molecule has 42 heavy (non-hydrogen) atoms. The highest BCUT2D eigenvalue weighted by Crippen LogP contribution is 2.53. The molecule has 4 atom stereocenters. The molecule has 4 unspecified atom stereocenters. The lowest BCUT2D eigenvalue weighted by Gasteiger charge is -2.41. The van der Waals surface area contributed by atoms with E-state index in [0.29, 0.717) is 22.3 Å². The van der Waals surface area contributed by atoms with Gasteiger partial charge in [-0.3, -0.25) is 0 Å². The lowest BCUT2D eigenvalue weighted by molar-refractivity contribution is 0.347. The van der Waals surface area contributed by atoms with Gasteiger partial charge in [-0.15, -0.1) is 0 Å². The quantitative estimate of drug-likeness (QED) is 0.430. The Kier molecular flexibility index (Phi) is 7.42. The number of benzene rings is 3. The Morgan fingerprint density at radius 1 is 0.452 bits per heavy atom. The van der Waals surface area contributed by atoms with Crippen molar-refractivity contribution in [3.05, 3.63) is 107 Å². The molecule has 0 spiro atoms. The molecule has 0 aliphatic carbocycles. The van der Waals surface area contributed by atoms with Crippen LogP contribution in [-0.4, -0.2) is 39.8 Å². The molecule has 3 aromatic rings. The molecule has 0 N–H and O–H groups in total. The summed E-state index contributed by atoms with van der Waals surface area (Å²) in [5.74, 6) is -5.17. The van der Waals surface area contributed by atoms with E-state index in [1.54, 1.807) is 84.9 Å². The Balaban J connectivity index is 1.60. The van der Waals surface area contributed by atoms with Gasteiger partial charge < -0.3 is 0 Å². The SMILES string of the molecule is N#CC1(C#N)C(c2ccccc2)CS(=O)(=O)CC1c1ccc(C2CS(=O)(=O)CC(c3ccccc3)C2(C#N)C#N)cc1. The van der Waals surface area contributed by atoms with Crippen LogP contribution >= 0.6 is 0 Å². The summed E-state index contributed by atoms with van der Waals surface area (Å²) in [4.78, 5) is 0. The average Bonchev–Trinajstić information content (AvgIpc) is 3.01. The maximum absolute atomic E-state index is 13.1. The molecule has 0 aromatic heterocycles. The second-order valence-corrected chi connectivity index (χ2v) is 15.3. The Morgan fingerprint density at radius 2 is 0.690 bits per heavy atom. The van der Waals surface area contributed by atoms with Gasteiger partial charge in [0.2, 0.25) is 0 Å². The third kappa shape index (κ3) is 4.84. The summed E-state index contributed by atoms with van der Waals surface area (Å²) in [7, 11) is -7.29. The monoisotopic (exact) mass is 594 g/mol. The van der Waals surface area contributed by atoms with Crippen LogP contribution in [0.5, 0.6) is 0 Å². The van der Waals surface area contributed by atoms with E-state index in [2.05, 4.69) is 24.3 Å². The lowest BCUT2D eigenvalue weighted by Crippen LogP contribution is -2.45. The fourth-order valence-corrected chi connectivity index (χ4v) is 10.7. The van der Waals surface area contributed by atoms with Crippen molar-refractivity contribution in [2.45, 2.75) is 23.7 Å². The Labute approximate surface area is 245 Å². The maximum atomic E-state index is 13.1. The van der Waals surface area contributed by atoms with Crippen molar-refractivity contribution in [2.24, 2.45) is 10.8 Å². The Morgan fingerprint density at radius 3 is 0.929 bits per heavy atom. The van der Waals surface area contributed by atoms with Gasteiger partial charge >= 0.3 is 0 Å². The average molecular weight is 595 g/mol. The molecule has 2 aliphatic rings. The molecular formula is C32H26N4O4S2. The van der Waals surface area contributed by atoms with Crippen LogP contribution in [0, 0.1) is 56.2 Å². The van der Waals surface area contributed by atoms with Crippen LogP contribution in [0.15, 0.2) is 84.9 Å². The van der Waals surface area contributed by atoms with E-state index in [0.717, 1.165) is 0 Å².